The van der Waals surface area contributed by atoms with Crippen LogP contribution in [0, 0.1) is 0 Å². The number of hydrogen-bond acceptors (Lipinski definition) is 2. The number of carbonyl (C=O) groups excluding carboxylic acids is 1. The van der Waals surface area contributed by atoms with Crippen molar-refractivity contribution in [1.29, 1.82) is 0 Å². The SMILES string of the molecule is N[C@H]1C(=O)N(c2ccc(Br)cc2)[C@H]1c1cccc(Cl)c1. The van der Waals surface area contributed by atoms with Crippen LogP contribution in [0.2, 0.25) is 5.02 Å². The van der Waals surface area contributed by atoms with E-state index in [1.807, 2.05) is 42.5 Å². The second-order valence-electron chi connectivity index (χ2n) is 4.71. The van der Waals surface area contributed by atoms with Crippen LogP contribution in [-0.2, 0) is 4.79 Å². The predicted octanol–water partition coefficient (Wildman–Crippen LogP) is 3.52. The van der Waals surface area contributed by atoms with E-state index >= 15 is 0 Å². The van der Waals surface area contributed by atoms with Gasteiger partial charge in [0.15, 0.2) is 0 Å². The van der Waals surface area contributed by atoms with Crippen LogP contribution in [0.1, 0.15) is 11.6 Å². The highest BCUT2D eigenvalue weighted by Gasteiger charge is 2.46. The van der Waals surface area contributed by atoms with Gasteiger partial charge in [-0.2, -0.15) is 0 Å². The van der Waals surface area contributed by atoms with Crippen LogP contribution in [0.25, 0.3) is 0 Å². The van der Waals surface area contributed by atoms with E-state index in [1.54, 1.807) is 11.0 Å². The molecule has 2 N–H and O–H groups in total. The molecule has 0 spiro atoms. The molecule has 1 fully saturated rings. The number of carbonyl (C=O) groups is 1. The summed E-state index contributed by atoms with van der Waals surface area (Å²) >= 11 is 9.40. The van der Waals surface area contributed by atoms with Gasteiger partial charge in [0.05, 0.1) is 6.04 Å². The van der Waals surface area contributed by atoms with Gasteiger partial charge in [0, 0.05) is 15.2 Å². The van der Waals surface area contributed by atoms with Crippen LogP contribution in [0.3, 0.4) is 0 Å². The zero-order valence-corrected chi connectivity index (χ0v) is 12.8. The molecule has 2 aromatic rings. The Labute approximate surface area is 130 Å². The van der Waals surface area contributed by atoms with Gasteiger partial charge in [-0.3, -0.25) is 4.79 Å². The number of anilines is 1. The Morgan fingerprint density at radius 1 is 1.15 bits per heavy atom. The highest BCUT2D eigenvalue weighted by Crippen LogP contribution is 2.38. The van der Waals surface area contributed by atoms with Crippen molar-refractivity contribution < 1.29 is 4.79 Å². The highest BCUT2D eigenvalue weighted by atomic mass is 79.9. The number of β-lactam (4-membered cyclic amide) rings is 1. The third-order valence-corrected chi connectivity index (χ3v) is 4.20. The first kappa shape index (κ1) is 13.6. The van der Waals surface area contributed by atoms with Gasteiger partial charge >= 0.3 is 0 Å². The Balaban J connectivity index is 1.97. The Morgan fingerprint density at radius 2 is 1.85 bits per heavy atom. The molecule has 1 saturated heterocycles. The molecule has 1 heterocycles. The Kier molecular flexibility index (Phi) is 3.54. The standard InChI is InChI=1S/C15H12BrClN2O/c16-10-4-6-12(7-5-10)19-14(13(18)15(19)20)9-2-1-3-11(17)8-9/h1-8,13-14H,18H2/t13-,14+/m1/s1. The molecule has 3 nitrogen and oxygen atoms in total. The van der Waals surface area contributed by atoms with Gasteiger partial charge < -0.3 is 10.6 Å². The summed E-state index contributed by atoms with van der Waals surface area (Å²) in [4.78, 5) is 13.8. The Morgan fingerprint density at radius 3 is 2.50 bits per heavy atom. The maximum atomic E-state index is 12.1. The monoisotopic (exact) mass is 350 g/mol. The number of halogens is 2. The predicted molar refractivity (Wildman–Crippen MR) is 83.8 cm³/mol. The Hall–Kier alpha value is -1.36. The summed E-state index contributed by atoms with van der Waals surface area (Å²) < 4.78 is 0.970. The van der Waals surface area contributed by atoms with Gasteiger partial charge in [-0.15, -0.1) is 0 Å². The third-order valence-electron chi connectivity index (χ3n) is 3.44. The van der Waals surface area contributed by atoms with Gasteiger partial charge in [0.1, 0.15) is 6.04 Å². The van der Waals surface area contributed by atoms with Gasteiger partial charge in [0.2, 0.25) is 5.91 Å². The number of nitrogens with zero attached hydrogens (tertiary/aromatic N) is 1. The normalized spacial score (nSPS) is 21.8. The fraction of sp³-hybridized carbons (Fsp3) is 0.133. The van der Waals surface area contributed by atoms with Crippen molar-refractivity contribution in [2.75, 3.05) is 4.90 Å². The van der Waals surface area contributed by atoms with Crippen molar-refractivity contribution in [3.8, 4) is 0 Å². The summed E-state index contributed by atoms with van der Waals surface area (Å²) in [5.74, 6) is -0.0719. The molecule has 20 heavy (non-hydrogen) atoms. The lowest BCUT2D eigenvalue weighted by molar-refractivity contribution is -0.126. The topological polar surface area (TPSA) is 46.3 Å². The largest absolute Gasteiger partial charge is 0.318 e. The number of amides is 1. The number of hydrogen-bond donors (Lipinski definition) is 1. The molecular formula is C15H12BrClN2O. The fourth-order valence-electron chi connectivity index (χ4n) is 2.45. The van der Waals surface area contributed by atoms with E-state index in [9.17, 15) is 4.79 Å². The van der Waals surface area contributed by atoms with Crippen molar-refractivity contribution >= 4 is 39.1 Å². The first-order valence-corrected chi connectivity index (χ1v) is 7.35. The molecule has 0 saturated carbocycles. The lowest BCUT2D eigenvalue weighted by Crippen LogP contribution is -2.63. The first-order chi connectivity index (χ1) is 9.58. The maximum Gasteiger partial charge on any atom is 0.247 e. The van der Waals surface area contributed by atoms with Crippen LogP contribution >= 0.6 is 27.5 Å². The average molecular weight is 352 g/mol. The molecule has 0 radical (unpaired) electrons. The van der Waals surface area contributed by atoms with Crippen molar-refractivity contribution in [2.24, 2.45) is 5.73 Å². The molecule has 3 rings (SSSR count). The number of rotatable bonds is 2. The van der Waals surface area contributed by atoms with Crippen LogP contribution < -0.4 is 10.6 Å². The quantitative estimate of drug-likeness (QED) is 0.842. The van der Waals surface area contributed by atoms with Crippen LogP contribution in [0.5, 0.6) is 0 Å². The van der Waals surface area contributed by atoms with Crippen LogP contribution in [0.4, 0.5) is 5.69 Å². The zero-order chi connectivity index (χ0) is 14.3. The minimum absolute atomic E-state index is 0.0719. The molecule has 1 aliphatic heterocycles. The lowest BCUT2D eigenvalue weighted by Gasteiger charge is -2.45. The van der Waals surface area contributed by atoms with E-state index < -0.39 is 6.04 Å². The summed E-state index contributed by atoms with van der Waals surface area (Å²) in [7, 11) is 0. The average Bonchev–Trinajstić information content (AvgIpc) is 2.45. The summed E-state index contributed by atoms with van der Waals surface area (Å²) in [6.45, 7) is 0. The second-order valence-corrected chi connectivity index (χ2v) is 6.06. The smallest absolute Gasteiger partial charge is 0.247 e. The summed E-state index contributed by atoms with van der Waals surface area (Å²) in [6, 6.07) is 14.4. The molecular weight excluding hydrogens is 340 g/mol. The molecule has 1 aliphatic rings. The molecule has 2 aromatic carbocycles. The molecule has 2 atom stereocenters. The molecule has 1 amide bonds. The van der Waals surface area contributed by atoms with Crippen molar-refractivity contribution in [3.05, 3.63) is 63.6 Å². The van der Waals surface area contributed by atoms with Gasteiger partial charge in [-0.05, 0) is 42.0 Å². The second kappa shape index (κ2) is 5.20. The molecule has 0 aromatic heterocycles. The molecule has 0 unspecified atom stereocenters. The third kappa shape index (κ3) is 2.24. The van der Waals surface area contributed by atoms with Crippen molar-refractivity contribution in [3.63, 3.8) is 0 Å². The molecule has 0 bridgehead atoms. The molecule has 5 heteroatoms. The van der Waals surface area contributed by atoms with Crippen LogP contribution in [-0.4, -0.2) is 11.9 Å². The lowest BCUT2D eigenvalue weighted by atomic mass is 9.88. The number of nitrogens with two attached hydrogens (primary N) is 1. The van der Waals surface area contributed by atoms with E-state index in [-0.39, 0.29) is 11.9 Å². The zero-order valence-electron chi connectivity index (χ0n) is 10.5. The molecule has 0 aliphatic carbocycles. The summed E-state index contributed by atoms with van der Waals surface area (Å²) in [5, 5.41) is 0.643. The molecule has 102 valence electrons. The fourth-order valence-corrected chi connectivity index (χ4v) is 2.91. The van der Waals surface area contributed by atoms with E-state index in [1.165, 1.54) is 0 Å². The summed E-state index contributed by atoms with van der Waals surface area (Å²) in [5.41, 5.74) is 7.75. The van der Waals surface area contributed by atoms with Crippen molar-refractivity contribution in [2.45, 2.75) is 12.1 Å². The summed E-state index contributed by atoms with van der Waals surface area (Å²) in [6.07, 6.45) is 0. The van der Waals surface area contributed by atoms with Crippen LogP contribution in [0.15, 0.2) is 53.0 Å². The minimum Gasteiger partial charge on any atom is -0.318 e. The maximum absolute atomic E-state index is 12.1. The van der Waals surface area contributed by atoms with Gasteiger partial charge in [0.25, 0.3) is 0 Å². The van der Waals surface area contributed by atoms with E-state index in [2.05, 4.69) is 15.9 Å². The van der Waals surface area contributed by atoms with Crippen molar-refractivity contribution in [1.82, 2.24) is 0 Å². The van der Waals surface area contributed by atoms with Gasteiger partial charge in [-0.1, -0.05) is 39.7 Å². The van der Waals surface area contributed by atoms with E-state index in [0.29, 0.717) is 5.02 Å². The first-order valence-electron chi connectivity index (χ1n) is 6.17. The Bertz CT molecular complexity index is 659. The van der Waals surface area contributed by atoms with E-state index in [4.69, 9.17) is 17.3 Å². The highest BCUT2D eigenvalue weighted by molar-refractivity contribution is 9.10. The van der Waals surface area contributed by atoms with E-state index in [0.717, 1.165) is 15.7 Å². The number of benzene rings is 2. The van der Waals surface area contributed by atoms with Gasteiger partial charge in [-0.25, -0.2) is 0 Å². The minimum atomic E-state index is -0.517.